The Bertz CT molecular complexity index is 612. The van der Waals surface area contributed by atoms with Gasteiger partial charge >= 0.3 is 0 Å². The fourth-order valence-electron chi connectivity index (χ4n) is 1.67. The Morgan fingerprint density at radius 1 is 1.40 bits per heavy atom. The topological polar surface area (TPSA) is 74.5 Å². The Balaban J connectivity index is 2.22. The van der Waals surface area contributed by atoms with Crippen molar-refractivity contribution in [1.82, 2.24) is 10.1 Å². The molecule has 0 atom stereocenters. The summed E-state index contributed by atoms with van der Waals surface area (Å²) in [7, 11) is 2.98. The lowest BCUT2D eigenvalue weighted by Crippen LogP contribution is -2.09. The number of hydrogen-bond acceptors (Lipinski definition) is 6. The van der Waals surface area contributed by atoms with Crippen LogP contribution in [-0.4, -0.2) is 36.8 Å². The number of ether oxygens (including phenoxy) is 2. The molecular formula is C13H13ClN2O4. The lowest BCUT2D eigenvalue weighted by Gasteiger charge is -2.04. The molecule has 0 amide bonds. The van der Waals surface area contributed by atoms with Crippen LogP contribution in [0.4, 0.5) is 0 Å². The third kappa shape index (κ3) is 3.34. The van der Waals surface area contributed by atoms with Crippen LogP contribution in [0, 0.1) is 0 Å². The molecule has 2 rings (SSSR count). The number of ketones is 1. The summed E-state index contributed by atoms with van der Waals surface area (Å²) in [5.74, 6) is 0.983. The number of carbonyl (C=O) groups is 1. The SMILES string of the molecule is COCC(=O)Cc1nc(-c2ccc(Cl)cc2OC)no1. The summed E-state index contributed by atoms with van der Waals surface area (Å²) in [6.45, 7) is 0.0159. The van der Waals surface area contributed by atoms with Crippen LogP contribution in [0.25, 0.3) is 11.4 Å². The summed E-state index contributed by atoms with van der Waals surface area (Å²) in [6, 6.07) is 5.08. The van der Waals surface area contributed by atoms with Crippen LogP contribution in [0.5, 0.6) is 5.75 Å². The zero-order valence-electron chi connectivity index (χ0n) is 11.1. The lowest BCUT2D eigenvalue weighted by molar-refractivity contribution is -0.122. The molecule has 0 fully saturated rings. The first-order valence-corrected chi connectivity index (χ1v) is 6.19. The molecule has 0 radical (unpaired) electrons. The summed E-state index contributed by atoms with van der Waals surface area (Å²) in [4.78, 5) is 15.6. The van der Waals surface area contributed by atoms with Crippen molar-refractivity contribution in [3.8, 4) is 17.1 Å². The van der Waals surface area contributed by atoms with E-state index in [9.17, 15) is 4.79 Å². The summed E-state index contributed by atoms with van der Waals surface area (Å²) < 4.78 is 15.0. The maximum atomic E-state index is 11.4. The number of Topliss-reactive ketones (excluding diaryl/α,β-unsaturated/α-hetero) is 1. The second-order valence-corrected chi connectivity index (χ2v) is 4.44. The van der Waals surface area contributed by atoms with Crippen LogP contribution in [0.2, 0.25) is 5.02 Å². The van der Waals surface area contributed by atoms with Crippen LogP contribution in [0.1, 0.15) is 5.89 Å². The van der Waals surface area contributed by atoms with Crippen molar-refractivity contribution in [2.75, 3.05) is 20.8 Å². The molecule has 2 aromatic rings. The maximum Gasteiger partial charge on any atom is 0.234 e. The van der Waals surface area contributed by atoms with Crippen molar-refractivity contribution in [3.63, 3.8) is 0 Å². The van der Waals surface area contributed by atoms with Crippen LogP contribution < -0.4 is 4.74 Å². The van der Waals surface area contributed by atoms with Crippen LogP contribution in [0.3, 0.4) is 0 Å². The Kier molecular flexibility index (Phi) is 4.70. The molecule has 0 saturated carbocycles. The Morgan fingerprint density at radius 3 is 2.90 bits per heavy atom. The highest BCUT2D eigenvalue weighted by Crippen LogP contribution is 2.30. The van der Waals surface area contributed by atoms with Gasteiger partial charge < -0.3 is 14.0 Å². The highest BCUT2D eigenvalue weighted by molar-refractivity contribution is 6.30. The molecule has 20 heavy (non-hydrogen) atoms. The summed E-state index contributed by atoms with van der Waals surface area (Å²) in [5.41, 5.74) is 0.645. The molecule has 0 saturated heterocycles. The maximum absolute atomic E-state index is 11.4. The molecule has 6 nitrogen and oxygen atoms in total. The normalized spacial score (nSPS) is 10.6. The molecule has 1 aromatic carbocycles. The number of hydrogen-bond donors (Lipinski definition) is 0. The fraction of sp³-hybridized carbons (Fsp3) is 0.308. The van der Waals surface area contributed by atoms with E-state index in [-0.39, 0.29) is 24.7 Å². The largest absolute Gasteiger partial charge is 0.496 e. The zero-order chi connectivity index (χ0) is 14.5. The zero-order valence-corrected chi connectivity index (χ0v) is 11.8. The molecule has 1 aromatic heterocycles. The van der Waals surface area contributed by atoms with Crippen molar-refractivity contribution in [3.05, 3.63) is 29.1 Å². The van der Waals surface area contributed by atoms with Gasteiger partial charge in [-0.15, -0.1) is 0 Å². The van der Waals surface area contributed by atoms with Gasteiger partial charge in [0.25, 0.3) is 0 Å². The first-order valence-electron chi connectivity index (χ1n) is 5.81. The molecule has 0 N–H and O–H groups in total. The third-order valence-corrected chi connectivity index (χ3v) is 2.76. The van der Waals surface area contributed by atoms with Crippen molar-refractivity contribution in [2.45, 2.75) is 6.42 Å². The molecule has 0 spiro atoms. The van der Waals surface area contributed by atoms with Crippen molar-refractivity contribution < 1.29 is 18.8 Å². The van der Waals surface area contributed by atoms with Crippen molar-refractivity contribution in [1.29, 1.82) is 0 Å². The van der Waals surface area contributed by atoms with E-state index in [1.165, 1.54) is 14.2 Å². The third-order valence-electron chi connectivity index (χ3n) is 2.53. The molecule has 0 bridgehead atoms. The van der Waals surface area contributed by atoms with E-state index in [0.29, 0.717) is 22.2 Å². The van der Waals surface area contributed by atoms with Gasteiger partial charge in [-0.1, -0.05) is 16.8 Å². The standard InChI is InChI=1S/C13H13ClN2O4/c1-18-7-9(17)6-12-15-13(16-20-12)10-4-3-8(14)5-11(10)19-2/h3-5H,6-7H2,1-2H3. The molecular weight excluding hydrogens is 284 g/mol. The van der Waals surface area contributed by atoms with Gasteiger partial charge in [-0.3, -0.25) is 4.79 Å². The lowest BCUT2D eigenvalue weighted by atomic mass is 10.2. The minimum absolute atomic E-state index is 0.0159. The number of benzene rings is 1. The Morgan fingerprint density at radius 2 is 2.20 bits per heavy atom. The summed E-state index contributed by atoms with van der Waals surface area (Å²) in [5, 5.41) is 4.38. The van der Waals surface area contributed by atoms with Gasteiger partial charge in [0.05, 0.1) is 19.1 Å². The number of carbonyl (C=O) groups excluding carboxylic acids is 1. The molecule has 1 heterocycles. The predicted molar refractivity (Wildman–Crippen MR) is 71.9 cm³/mol. The van der Waals surface area contributed by atoms with E-state index in [2.05, 4.69) is 10.1 Å². The van der Waals surface area contributed by atoms with Crippen molar-refractivity contribution >= 4 is 17.4 Å². The highest BCUT2D eigenvalue weighted by Gasteiger charge is 2.15. The quantitative estimate of drug-likeness (QED) is 0.813. The van der Waals surface area contributed by atoms with Gasteiger partial charge in [-0.25, -0.2) is 0 Å². The monoisotopic (exact) mass is 296 g/mol. The van der Waals surface area contributed by atoms with E-state index in [0.717, 1.165) is 0 Å². The van der Waals surface area contributed by atoms with Gasteiger partial charge in [-0.05, 0) is 18.2 Å². The molecule has 0 aliphatic carbocycles. The van der Waals surface area contributed by atoms with Gasteiger partial charge in [0.15, 0.2) is 5.78 Å². The fourth-order valence-corrected chi connectivity index (χ4v) is 1.83. The minimum atomic E-state index is -0.134. The average Bonchev–Trinajstić information content (AvgIpc) is 2.87. The second kappa shape index (κ2) is 6.49. The minimum Gasteiger partial charge on any atom is -0.496 e. The Hall–Kier alpha value is -1.92. The number of halogens is 1. The van der Waals surface area contributed by atoms with Crippen molar-refractivity contribution in [2.24, 2.45) is 0 Å². The molecule has 106 valence electrons. The molecule has 0 unspecified atom stereocenters. The first-order chi connectivity index (χ1) is 9.63. The molecule has 0 aliphatic heterocycles. The number of aromatic nitrogens is 2. The van der Waals surface area contributed by atoms with E-state index in [4.69, 9.17) is 25.6 Å². The van der Waals surface area contributed by atoms with E-state index < -0.39 is 0 Å². The van der Waals surface area contributed by atoms with Gasteiger partial charge in [0.1, 0.15) is 12.4 Å². The van der Waals surface area contributed by atoms with Crippen LogP contribution in [-0.2, 0) is 16.0 Å². The predicted octanol–water partition coefficient (Wildman–Crippen LogP) is 2.16. The summed E-state index contributed by atoms with van der Waals surface area (Å²) in [6.07, 6.45) is 0.0384. The Labute approximate surface area is 120 Å². The average molecular weight is 297 g/mol. The van der Waals surface area contributed by atoms with Gasteiger partial charge in [-0.2, -0.15) is 4.98 Å². The number of rotatable bonds is 6. The van der Waals surface area contributed by atoms with E-state index in [1.807, 2.05) is 0 Å². The second-order valence-electron chi connectivity index (χ2n) is 4.00. The number of methoxy groups -OCH3 is 2. The smallest absolute Gasteiger partial charge is 0.234 e. The van der Waals surface area contributed by atoms with E-state index >= 15 is 0 Å². The highest BCUT2D eigenvalue weighted by atomic mass is 35.5. The number of nitrogens with zero attached hydrogens (tertiary/aromatic N) is 2. The summed E-state index contributed by atoms with van der Waals surface area (Å²) >= 11 is 5.89. The van der Waals surface area contributed by atoms with Gasteiger partial charge in [0.2, 0.25) is 11.7 Å². The van der Waals surface area contributed by atoms with Gasteiger partial charge in [0, 0.05) is 12.1 Å². The first kappa shape index (κ1) is 14.5. The molecule has 0 aliphatic rings. The van der Waals surface area contributed by atoms with E-state index in [1.54, 1.807) is 18.2 Å². The van der Waals surface area contributed by atoms with Crippen LogP contribution in [0.15, 0.2) is 22.7 Å². The molecule has 7 heteroatoms. The van der Waals surface area contributed by atoms with Crippen LogP contribution >= 0.6 is 11.6 Å².